The van der Waals surface area contributed by atoms with Gasteiger partial charge in [-0.25, -0.2) is 4.98 Å². The van der Waals surface area contributed by atoms with Crippen molar-refractivity contribution in [3.63, 3.8) is 0 Å². The average molecular weight is 370 g/mol. The molecule has 3 rings (SSSR count). The molecule has 0 aliphatic carbocycles. The molecule has 0 fully saturated rings. The first-order valence-electron chi connectivity index (χ1n) is 8.60. The summed E-state index contributed by atoms with van der Waals surface area (Å²) in [6.45, 7) is 0.561. The van der Waals surface area contributed by atoms with Gasteiger partial charge in [0.2, 0.25) is 5.91 Å². The van der Waals surface area contributed by atoms with Crippen LogP contribution < -0.4 is 5.32 Å². The third kappa shape index (κ3) is 4.70. The minimum absolute atomic E-state index is 0.0773. The monoisotopic (exact) mass is 369 g/mol. The number of hydrogen-bond acceptors (Lipinski definition) is 3. The zero-order valence-electron chi connectivity index (χ0n) is 14.3. The van der Waals surface area contributed by atoms with Crippen LogP contribution in [0.25, 0.3) is 5.52 Å². The van der Waals surface area contributed by atoms with Gasteiger partial charge in [0.15, 0.2) is 5.78 Å². The van der Waals surface area contributed by atoms with Crippen molar-refractivity contribution in [3.8, 4) is 0 Å². The number of halogens is 1. The quantitative estimate of drug-likeness (QED) is 0.486. The molecule has 0 spiro atoms. The third-order valence-electron chi connectivity index (χ3n) is 4.14. The second-order valence-corrected chi connectivity index (χ2v) is 6.49. The number of carbonyl (C=O) groups is 2. The molecule has 0 bridgehead atoms. The van der Waals surface area contributed by atoms with Crippen LogP contribution in [0.2, 0.25) is 5.02 Å². The van der Waals surface area contributed by atoms with Crippen molar-refractivity contribution in [3.05, 3.63) is 71.3 Å². The minimum Gasteiger partial charge on any atom is -0.356 e. The Labute approximate surface area is 157 Å². The number of aromatic nitrogens is 2. The van der Waals surface area contributed by atoms with Gasteiger partial charge in [-0.1, -0.05) is 29.8 Å². The maximum Gasteiger partial charge on any atom is 0.220 e. The van der Waals surface area contributed by atoms with E-state index >= 15 is 0 Å². The van der Waals surface area contributed by atoms with E-state index in [1.165, 1.54) is 0 Å². The van der Waals surface area contributed by atoms with E-state index in [2.05, 4.69) is 10.3 Å². The molecular weight excluding hydrogens is 350 g/mol. The number of ketones is 1. The number of hydrogen-bond donors (Lipinski definition) is 1. The summed E-state index contributed by atoms with van der Waals surface area (Å²) in [5.41, 5.74) is 1.60. The number of carbonyl (C=O) groups excluding carboxylic acids is 2. The van der Waals surface area contributed by atoms with Gasteiger partial charge >= 0.3 is 0 Å². The molecule has 0 unspecified atom stereocenters. The number of nitrogens with zero attached hydrogens (tertiary/aromatic N) is 2. The number of imidazole rings is 1. The normalized spacial score (nSPS) is 10.8. The van der Waals surface area contributed by atoms with Crippen LogP contribution in [-0.2, 0) is 11.2 Å². The Balaban J connectivity index is 1.38. The van der Waals surface area contributed by atoms with E-state index in [9.17, 15) is 9.59 Å². The first-order chi connectivity index (χ1) is 12.6. The van der Waals surface area contributed by atoms with E-state index in [4.69, 9.17) is 11.6 Å². The van der Waals surface area contributed by atoms with Gasteiger partial charge in [0.25, 0.3) is 0 Å². The topological polar surface area (TPSA) is 63.5 Å². The predicted octanol–water partition coefficient (Wildman–Crippen LogP) is 3.70. The molecule has 0 saturated carbocycles. The zero-order chi connectivity index (χ0) is 18.4. The second kappa shape index (κ2) is 8.63. The Morgan fingerprint density at radius 1 is 1.12 bits per heavy atom. The van der Waals surface area contributed by atoms with Gasteiger partial charge in [-0.2, -0.15) is 0 Å². The first kappa shape index (κ1) is 18.1. The fourth-order valence-corrected chi connectivity index (χ4v) is 2.97. The van der Waals surface area contributed by atoms with Gasteiger partial charge in [0.1, 0.15) is 5.82 Å². The highest BCUT2D eigenvalue weighted by molar-refractivity contribution is 6.31. The molecular formula is C20H20ClN3O2. The summed E-state index contributed by atoms with van der Waals surface area (Å²) in [7, 11) is 0. The van der Waals surface area contributed by atoms with E-state index in [0.29, 0.717) is 17.1 Å². The van der Waals surface area contributed by atoms with Crippen LogP contribution in [0.15, 0.2) is 54.9 Å². The Morgan fingerprint density at radius 3 is 2.85 bits per heavy atom. The highest BCUT2D eigenvalue weighted by Crippen LogP contribution is 2.13. The molecule has 26 heavy (non-hydrogen) atoms. The lowest BCUT2D eigenvalue weighted by Gasteiger charge is -2.05. The van der Waals surface area contributed by atoms with E-state index in [0.717, 1.165) is 24.2 Å². The summed E-state index contributed by atoms with van der Waals surface area (Å²) in [6.07, 6.45) is 5.75. The highest BCUT2D eigenvalue weighted by Gasteiger charge is 2.10. The minimum atomic E-state index is -0.117. The maximum atomic E-state index is 12.1. The number of pyridine rings is 1. The first-order valence-corrected chi connectivity index (χ1v) is 8.98. The number of fused-ring (bicyclic) bond motifs is 1. The van der Waals surface area contributed by atoms with Crippen LogP contribution in [0.3, 0.4) is 0 Å². The molecule has 6 heteroatoms. The van der Waals surface area contributed by atoms with Gasteiger partial charge < -0.3 is 9.72 Å². The number of benzene rings is 1. The van der Waals surface area contributed by atoms with Crippen molar-refractivity contribution in [2.24, 2.45) is 0 Å². The molecule has 0 aliphatic rings. The van der Waals surface area contributed by atoms with Crippen LogP contribution in [0.4, 0.5) is 0 Å². The van der Waals surface area contributed by atoms with Crippen molar-refractivity contribution in [2.45, 2.75) is 25.7 Å². The van der Waals surface area contributed by atoms with Crippen LogP contribution in [0.5, 0.6) is 0 Å². The van der Waals surface area contributed by atoms with E-state index < -0.39 is 0 Å². The van der Waals surface area contributed by atoms with Crippen molar-refractivity contribution in [1.82, 2.24) is 14.7 Å². The summed E-state index contributed by atoms with van der Waals surface area (Å²) in [5, 5.41) is 3.38. The van der Waals surface area contributed by atoms with E-state index in [1.54, 1.807) is 24.3 Å². The van der Waals surface area contributed by atoms with Crippen LogP contribution in [0, 0.1) is 0 Å². The smallest absolute Gasteiger partial charge is 0.220 e. The largest absolute Gasteiger partial charge is 0.356 e. The number of aryl methyl sites for hydroxylation is 1. The Bertz CT molecular complexity index is 920. The van der Waals surface area contributed by atoms with Gasteiger partial charge in [-0.05, 0) is 30.7 Å². The summed E-state index contributed by atoms with van der Waals surface area (Å²) in [5.74, 6) is 0.783. The Morgan fingerprint density at radius 2 is 2.00 bits per heavy atom. The van der Waals surface area contributed by atoms with Crippen molar-refractivity contribution < 1.29 is 9.59 Å². The number of Topliss-reactive ketones (excluding diaryl/α,β-unsaturated/α-hetero) is 1. The van der Waals surface area contributed by atoms with Crippen LogP contribution >= 0.6 is 11.6 Å². The summed E-state index contributed by atoms with van der Waals surface area (Å²) in [4.78, 5) is 28.4. The van der Waals surface area contributed by atoms with Gasteiger partial charge in [-0.15, -0.1) is 0 Å². The summed E-state index contributed by atoms with van der Waals surface area (Å²) < 4.78 is 2.05. The number of nitrogens with one attached hydrogen (secondary N) is 1. The SMILES string of the molecule is O=C(CCC(=O)c1cccc(Cl)c1)NCCCc1ncc2ccccn12. The lowest BCUT2D eigenvalue weighted by atomic mass is 10.1. The number of amides is 1. The molecule has 0 radical (unpaired) electrons. The van der Waals surface area contributed by atoms with Crippen LogP contribution in [-0.4, -0.2) is 27.6 Å². The van der Waals surface area contributed by atoms with Gasteiger partial charge in [0, 0.05) is 42.6 Å². The summed E-state index contributed by atoms with van der Waals surface area (Å²) in [6, 6.07) is 12.7. The van der Waals surface area contributed by atoms with Gasteiger partial charge in [0.05, 0.1) is 11.7 Å². The van der Waals surface area contributed by atoms with Gasteiger partial charge in [-0.3, -0.25) is 9.59 Å². The standard InChI is InChI=1S/C20H20ClN3O2/c21-16-6-3-5-15(13-16)18(25)9-10-20(26)22-11-4-8-19-23-14-17-7-1-2-12-24(17)19/h1-3,5-7,12-14H,4,8-11H2,(H,22,26). The zero-order valence-corrected chi connectivity index (χ0v) is 15.1. The molecule has 1 amide bonds. The Kier molecular flexibility index (Phi) is 6.02. The Hall–Kier alpha value is -2.66. The fraction of sp³-hybridized carbons (Fsp3) is 0.250. The summed E-state index contributed by atoms with van der Waals surface area (Å²) >= 11 is 5.88. The molecule has 0 atom stereocenters. The molecule has 134 valence electrons. The fourth-order valence-electron chi connectivity index (χ4n) is 2.78. The van der Waals surface area contributed by atoms with Crippen LogP contribution in [0.1, 0.15) is 35.4 Å². The highest BCUT2D eigenvalue weighted by atomic mass is 35.5. The molecule has 1 N–H and O–H groups in total. The van der Waals surface area contributed by atoms with Crippen molar-refractivity contribution in [2.75, 3.05) is 6.54 Å². The maximum absolute atomic E-state index is 12.1. The van der Waals surface area contributed by atoms with Crippen molar-refractivity contribution in [1.29, 1.82) is 0 Å². The van der Waals surface area contributed by atoms with E-state index in [-0.39, 0.29) is 24.5 Å². The third-order valence-corrected chi connectivity index (χ3v) is 4.38. The molecule has 2 heterocycles. The molecule has 2 aromatic heterocycles. The molecule has 1 aromatic carbocycles. The number of rotatable bonds is 8. The molecule has 0 aliphatic heterocycles. The lowest BCUT2D eigenvalue weighted by Crippen LogP contribution is -2.25. The lowest BCUT2D eigenvalue weighted by molar-refractivity contribution is -0.121. The second-order valence-electron chi connectivity index (χ2n) is 6.06. The molecule has 5 nitrogen and oxygen atoms in total. The molecule has 0 saturated heterocycles. The van der Waals surface area contributed by atoms with E-state index in [1.807, 2.05) is 35.0 Å². The average Bonchev–Trinajstić information content (AvgIpc) is 3.06. The predicted molar refractivity (Wildman–Crippen MR) is 102 cm³/mol. The van der Waals surface area contributed by atoms with Crippen molar-refractivity contribution >= 4 is 28.8 Å². The molecule has 3 aromatic rings.